The Balaban J connectivity index is 1.04. The van der Waals surface area contributed by atoms with Gasteiger partial charge in [-0.3, -0.25) is 14.3 Å². The summed E-state index contributed by atoms with van der Waals surface area (Å²) in [7, 11) is 0. The summed E-state index contributed by atoms with van der Waals surface area (Å²) in [5, 5.41) is 38.3. The van der Waals surface area contributed by atoms with Crippen molar-refractivity contribution in [1.82, 2.24) is 40.1 Å². The van der Waals surface area contributed by atoms with E-state index in [1.807, 2.05) is 40.0 Å². The van der Waals surface area contributed by atoms with Crippen LogP contribution in [0.25, 0.3) is 10.9 Å². The number of rotatable bonds is 18. The van der Waals surface area contributed by atoms with Gasteiger partial charge in [-0.25, -0.2) is 4.98 Å². The zero-order chi connectivity index (χ0) is 35.3. The third-order valence-electron chi connectivity index (χ3n) is 9.79. The number of carbonyl (C=O) groups is 2. The Morgan fingerprint density at radius 2 is 1.80 bits per heavy atom. The number of piperidine rings is 1. The van der Waals surface area contributed by atoms with Crippen LogP contribution in [-0.2, 0) is 22.7 Å². The molecule has 3 aromatic rings. The predicted molar refractivity (Wildman–Crippen MR) is 192 cm³/mol. The maximum Gasteiger partial charge on any atom is 0.225 e. The molecule has 2 aromatic heterocycles. The zero-order valence-electron chi connectivity index (χ0n) is 29.3. The molecule has 1 aromatic carbocycles. The van der Waals surface area contributed by atoms with Gasteiger partial charge < -0.3 is 41.7 Å². The second-order valence-corrected chi connectivity index (χ2v) is 13.6. The largest absolute Gasteiger partial charge is 0.367 e. The molecule has 50 heavy (non-hydrogen) atoms. The number of nitrogens with zero attached hydrogens (tertiary/aromatic N) is 7. The van der Waals surface area contributed by atoms with E-state index in [9.17, 15) is 19.8 Å². The van der Waals surface area contributed by atoms with E-state index < -0.39 is 12.3 Å². The van der Waals surface area contributed by atoms with Crippen LogP contribution in [0.1, 0.15) is 83.2 Å². The summed E-state index contributed by atoms with van der Waals surface area (Å²) < 4.78 is 1.86. The minimum absolute atomic E-state index is 0.0226. The predicted octanol–water partition coefficient (Wildman–Crippen LogP) is 2.21. The van der Waals surface area contributed by atoms with E-state index in [2.05, 4.69) is 31.2 Å². The average molecular weight is 694 g/mol. The number of carbonyl (C=O) groups excluding carboxylic acids is 2. The second-order valence-electron chi connectivity index (χ2n) is 13.6. The van der Waals surface area contributed by atoms with Crippen LogP contribution in [0.15, 0.2) is 30.5 Å². The molecule has 1 atom stereocenters. The molecule has 2 amide bonds. The Labute approximate surface area is 294 Å². The van der Waals surface area contributed by atoms with Crippen LogP contribution in [-0.4, -0.2) is 114 Å². The molecule has 3 heterocycles. The third kappa shape index (κ3) is 11.0. The molecule has 0 unspecified atom stereocenters. The smallest absolute Gasteiger partial charge is 0.225 e. The minimum Gasteiger partial charge on any atom is -0.367 e. The molecule has 2 aliphatic rings. The molecule has 1 saturated heterocycles. The van der Waals surface area contributed by atoms with E-state index in [0.717, 1.165) is 87.1 Å². The highest BCUT2D eigenvalue weighted by molar-refractivity contribution is 5.90. The van der Waals surface area contributed by atoms with E-state index >= 15 is 0 Å². The number of fused-ring (bicyclic) bond motifs is 1. The lowest BCUT2D eigenvalue weighted by molar-refractivity contribution is -0.133. The summed E-state index contributed by atoms with van der Waals surface area (Å²) >= 11 is 0. The van der Waals surface area contributed by atoms with E-state index in [0.29, 0.717) is 31.6 Å². The number of aromatic nitrogens is 5. The van der Waals surface area contributed by atoms with Crippen LogP contribution in [0.5, 0.6) is 0 Å². The van der Waals surface area contributed by atoms with Crippen molar-refractivity contribution in [1.29, 1.82) is 0 Å². The van der Waals surface area contributed by atoms with Crippen LogP contribution >= 0.6 is 0 Å². The van der Waals surface area contributed by atoms with Gasteiger partial charge >= 0.3 is 0 Å². The molecule has 1 saturated carbocycles. The van der Waals surface area contributed by atoms with Gasteiger partial charge in [-0.1, -0.05) is 36.6 Å². The first-order valence-electron chi connectivity index (χ1n) is 18.3. The Morgan fingerprint density at radius 3 is 2.56 bits per heavy atom. The second kappa shape index (κ2) is 18.9. The molecule has 7 N–H and O–H groups in total. The molecule has 5 rings (SSSR count). The van der Waals surface area contributed by atoms with Crippen molar-refractivity contribution in [3.05, 3.63) is 36.2 Å². The van der Waals surface area contributed by atoms with E-state index in [1.165, 1.54) is 19.3 Å². The molecule has 1 aliphatic carbocycles. The number of hydrogen-bond acceptors (Lipinski definition) is 12. The number of para-hydroxylation sites is 1. The molecule has 0 radical (unpaired) electrons. The van der Waals surface area contributed by atoms with Crippen LogP contribution in [0.2, 0.25) is 0 Å². The van der Waals surface area contributed by atoms with Gasteiger partial charge in [0.2, 0.25) is 17.8 Å². The van der Waals surface area contributed by atoms with Crippen LogP contribution in [0, 0.1) is 0 Å². The summed E-state index contributed by atoms with van der Waals surface area (Å²) in [6.07, 6.45) is 10.2. The average Bonchev–Trinajstić information content (AvgIpc) is 3.58. The first kappa shape index (κ1) is 37.3. The number of anilines is 2. The number of nitrogens with two attached hydrogens (primary N) is 1. The number of aliphatic hydroxyl groups excluding tert-OH is 1. The van der Waals surface area contributed by atoms with Gasteiger partial charge in [0, 0.05) is 57.0 Å². The first-order valence-corrected chi connectivity index (χ1v) is 18.3. The number of hydrogen-bond donors (Lipinski definition) is 6. The summed E-state index contributed by atoms with van der Waals surface area (Å²) in [4.78, 5) is 38.2. The van der Waals surface area contributed by atoms with Gasteiger partial charge in [0.1, 0.15) is 11.5 Å². The van der Waals surface area contributed by atoms with Crippen molar-refractivity contribution in [2.75, 3.05) is 43.4 Å². The minimum atomic E-state index is -1.62. The number of aliphatic hydroxyl groups is 2. The highest BCUT2D eigenvalue weighted by atomic mass is 16.5. The maximum absolute atomic E-state index is 12.6. The quantitative estimate of drug-likeness (QED) is 0.0840. The van der Waals surface area contributed by atoms with Crippen molar-refractivity contribution in [3.8, 4) is 0 Å². The van der Waals surface area contributed by atoms with Crippen LogP contribution < -0.4 is 21.7 Å². The fourth-order valence-electron chi connectivity index (χ4n) is 6.88. The Hall–Kier alpha value is -3.92. The standard InChI is InChI=1S/C35H55N11O4/c1-25(47)46(28-9-3-2-4-10-28)20-8-18-37-17-7-19-45-24-27(42-43-45)23-38-35-40-31-12-6-5-11-29(31)33(41-35)39-26-15-21-44(22-16-26)32(48)14-13-30(36)34(49)50/h5-6,11-12,24,26,28,30,34,37,49-50H,2-4,7-10,13-23,36H2,1H3,(H2,38,39,40,41)/t30-/m0/s1. The molecular weight excluding hydrogens is 638 g/mol. The van der Waals surface area contributed by atoms with Crippen molar-refractivity contribution < 1.29 is 19.8 Å². The number of nitrogens with one attached hydrogen (secondary N) is 3. The monoisotopic (exact) mass is 693 g/mol. The van der Waals surface area contributed by atoms with E-state index in [-0.39, 0.29) is 30.7 Å². The molecular formula is C35H55N11O4. The Morgan fingerprint density at radius 1 is 1.04 bits per heavy atom. The number of likely N-dealkylation sites (tertiary alicyclic amines) is 1. The summed E-state index contributed by atoms with van der Waals surface area (Å²) in [6.45, 7) is 6.68. The van der Waals surface area contributed by atoms with E-state index in [1.54, 1.807) is 6.92 Å². The van der Waals surface area contributed by atoms with Crippen LogP contribution in [0.3, 0.4) is 0 Å². The molecule has 0 spiro atoms. The van der Waals surface area contributed by atoms with Gasteiger partial charge in [0.05, 0.1) is 24.3 Å². The zero-order valence-corrected chi connectivity index (χ0v) is 29.3. The van der Waals surface area contributed by atoms with E-state index in [4.69, 9.17) is 15.7 Å². The highest BCUT2D eigenvalue weighted by Crippen LogP contribution is 2.26. The van der Waals surface area contributed by atoms with Crippen molar-refractivity contribution in [3.63, 3.8) is 0 Å². The molecule has 15 nitrogen and oxygen atoms in total. The highest BCUT2D eigenvalue weighted by Gasteiger charge is 2.25. The maximum atomic E-state index is 12.6. The lowest BCUT2D eigenvalue weighted by Crippen LogP contribution is -2.43. The van der Waals surface area contributed by atoms with Crippen molar-refractivity contribution >= 4 is 34.5 Å². The number of benzene rings is 1. The molecule has 2 fully saturated rings. The Kier molecular flexibility index (Phi) is 14.1. The molecule has 274 valence electrons. The fourth-order valence-corrected chi connectivity index (χ4v) is 6.88. The van der Waals surface area contributed by atoms with Gasteiger partial charge in [0.15, 0.2) is 6.29 Å². The number of aryl methyl sites for hydroxylation is 1. The topological polar surface area (TPSA) is 200 Å². The first-order chi connectivity index (χ1) is 24.3. The third-order valence-corrected chi connectivity index (χ3v) is 9.79. The van der Waals surface area contributed by atoms with Crippen LogP contribution in [0.4, 0.5) is 11.8 Å². The Bertz CT molecular complexity index is 1500. The van der Waals surface area contributed by atoms with Gasteiger partial charge in [-0.05, 0) is 70.2 Å². The summed E-state index contributed by atoms with van der Waals surface area (Å²) in [5.74, 6) is 1.41. The lowest BCUT2D eigenvalue weighted by Gasteiger charge is -2.33. The summed E-state index contributed by atoms with van der Waals surface area (Å²) in [6, 6.07) is 7.61. The van der Waals surface area contributed by atoms with Gasteiger partial charge in [-0.15, -0.1) is 5.10 Å². The lowest BCUT2D eigenvalue weighted by atomic mass is 9.94. The number of amides is 2. The molecule has 15 heteroatoms. The molecule has 0 bridgehead atoms. The SMILES string of the molecule is CC(=O)N(CCCNCCCn1cc(CNc2nc(NC3CCN(C(=O)CC[C@H](N)C(O)O)CC3)c3ccccc3n2)nn1)C1CCCCC1. The fraction of sp³-hybridized carbons (Fsp3) is 0.657. The molecule has 1 aliphatic heterocycles. The van der Waals surface area contributed by atoms with Gasteiger partial charge in [-0.2, -0.15) is 4.98 Å². The van der Waals surface area contributed by atoms with Crippen molar-refractivity contribution in [2.45, 2.75) is 115 Å². The normalized spacial score (nSPS) is 16.5. The summed E-state index contributed by atoms with van der Waals surface area (Å²) in [5.41, 5.74) is 7.28. The van der Waals surface area contributed by atoms with Crippen molar-refractivity contribution in [2.24, 2.45) is 5.73 Å². The van der Waals surface area contributed by atoms with Gasteiger partial charge in [0.25, 0.3) is 0 Å².